The van der Waals surface area contributed by atoms with Crippen LogP contribution in [0.2, 0.25) is 0 Å². The molecule has 7 nitrogen and oxygen atoms in total. The Labute approximate surface area is 119 Å². The van der Waals surface area contributed by atoms with Crippen LogP contribution in [-0.4, -0.2) is 54.4 Å². The molecule has 7 heteroatoms. The fourth-order valence-electron chi connectivity index (χ4n) is 2.22. The third kappa shape index (κ3) is 4.19. The zero-order chi connectivity index (χ0) is 14.4. The van der Waals surface area contributed by atoms with Gasteiger partial charge in [-0.15, -0.1) is 0 Å². The van der Waals surface area contributed by atoms with E-state index in [0.717, 1.165) is 38.7 Å². The van der Waals surface area contributed by atoms with Gasteiger partial charge in [0.15, 0.2) is 11.8 Å². The Kier molecular flexibility index (Phi) is 5.34. The lowest BCUT2D eigenvalue weighted by atomic mass is 10.1. The van der Waals surface area contributed by atoms with Gasteiger partial charge in [-0.1, -0.05) is 5.16 Å². The molecule has 0 radical (unpaired) electrons. The average Bonchev–Trinajstić information content (AvgIpc) is 3.06. The van der Waals surface area contributed by atoms with Crippen LogP contribution in [0.1, 0.15) is 25.1 Å². The summed E-state index contributed by atoms with van der Waals surface area (Å²) in [5, 5.41) is 7.04. The zero-order valence-corrected chi connectivity index (χ0v) is 12.4. The van der Waals surface area contributed by atoms with Gasteiger partial charge in [-0.05, 0) is 20.3 Å². The molecule has 0 spiro atoms. The molecule has 1 aromatic heterocycles. The second-order valence-electron chi connectivity index (χ2n) is 5.02. The van der Waals surface area contributed by atoms with Crippen LogP contribution < -0.4 is 5.32 Å². The van der Waals surface area contributed by atoms with Crippen LogP contribution in [0.15, 0.2) is 9.52 Å². The summed E-state index contributed by atoms with van der Waals surface area (Å²) in [4.78, 5) is 10.8. The molecule has 1 aromatic rings. The molecule has 0 amide bonds. The fraction of sp³-hybridized carbons (Fsp3) is 0.769. The van der Waals surface area contributed by atoms with Crippen molar-refractivity contribution in [2.75, 3.05) is 33.4 Å². The minimum absolute atomic E-state index is 0.397. The molecule has 1 N–H and O–H groups in total. The van der Waals surface area contributed by atoms with Crippen LogP contribution in [-0.2, 0) is 11.3 Å². The summed E-state index contributed by atoms with van der Waals surface area (Å²) in [6, 6.07) is 0. The lowest BCUT2D eigenvalue weighted by molar-refractivity contribution is 0.181. The molecular formula is C13H23N5O2. The van der Waals surface area contributed by atoms with Crippen molar-refractivity contribution >= 4 is 5.96 Å². The molecule has 0 aliphatic carbocycles. The fourth-order valence-corrected chi connectivity index (χ4v) is 2.22. The molecule has 0 aromatic carbocycles. The molecule has 2 rings (SSSR count). The van der Waals surface area contributed by atoms with Crippen LogP contribution in [0.5, 0.6) is 0 Å². The maximum Gasteiger partial charge on any atom is 0.248 e. The number of nitrogens with one attached hydrogen (secondary N) is 1. The second kappa shape index (κ2) is 7.23. The maximum atomic E-state index is 5.41. The molecule has 20 heavy (non-hydrogen) atoms. The van der Waals surface area contributed by atoms with E-state index in [9.17, 15) is 0 Å². The van der Waals surface area contributed by atoms with E-state index in [4.69, 9.17) is 9.26 Å². The minimum atomic E-state index is 0.397. The molecule has 1 aliphatic rings. The first-order valence-electron chi connectivity index (χ1n) is 7.05. The van der Waals surface area contributed by atoms with Gasteiger partial charge in [0, 0.05) is 32.7 Å². The zero-order valence-electron chi connectivity index (χ0n) is 12.4. The molecule has 1 unspecified atom stereocenters. The Morgan fingerprint density at radius 3 is 3.00 bits per heavy atom. The van der Waals surface area contributed by atoms with Crippen molar-refractivity contribution in [1.82, 2.24) is 20.4 Å². The van der Waals surface area contributed by atoms with Crippen molar-refractivity contribution in [2.24, 2.45) is 10.9 Å². The predicted molar refractivity (Wildman–Crippen MR) is 75.4 cm³/mol. The Morgan fingerprint density at radius 1 is 1.55 bits per heavy atom. The first kappa shape index (κ1) is 14.8. The molecule has 1 saturated heterocycles. The van der Waals surface area contributed by atoms with Gasteiger partial charge < -0.3 is 19.5 Å². The van der Waals surface area contributed by atoms with E-state index in [-0.39, 0.29) is 0 Å². The van der Waals surface area contributed by atoms with E-state index < -0.39 is 0 Å². The van der Waals surface area contributed by atoms with Crippen LogP contribution in [0.4, 0.5) is 0 Å². The molecule has 112 valence electrons. The van der Waals surface area contributed by atoms with Crippen LogP contribution in [0.25, 0.3) is 0 Å². The van der Waals surface area contributed by atoms with Crippen LogP contribution in [0, 0.1) is 12.8 Å². The summed E-state index contributed by atoms with van der Waals surface area (Å²) in [5.41, 5.74) is 0. The van der Waals surface area contributed by atoms with Crippen molar-refractivity contribution in [1.29, 1.82) is 0 Å². The summed E-state index contributed by atoms with van der Waals surface area (Å²) < 4.78 is 10.5. The highest BCUT2D eigenvalue weighted by atomic mass is 16.5. The van der Waals surface area contributed by atoms with Gasteiger partial charge in [-0.3, -0.25) is 0 Å². The van der Waals surface area contributed by atoms with Crippen LogP contribution in [0.3, 0.4) is 0 Å². The number of aromatic nitrogens is 2. The normalized spacial score (nSPS) is 19.4. The Morgan fingerprint density at radius 2 is 2.40 bits per heavy atom. The highest BCUT2D eigenvalue weighted by Gasteiger charge is 2.19. The van der Waals surface area contributed by atoms with E-state index >= 15 is 0 Å². The van der Waals surface area contributed by atoms with Crippen molar-refractivity contribution in [3.63, 3.8) is 0 Å². The van der Waals surface area contributed by atoms with Gasteiger partial charge >= 0.3 is 0 Å². The number of aryl methyl sites for hydroxylation is 1. The van der Waals surface area contributed by atoms with E-state index in [1.165, 1.54) is 0 Å². The molecule has 1 atom stereocenters. The van der Waals surface area contributed by atoms with Gasteiger partial charge in [-0.25, -0.2) is 4.99 Å². The van der Waals surface area contributed by atoms with E-state index in [1.807, 2.05) is 7.05 Å². The SMILES string of the molecule is CCNC(=NCc1nc(C)no1)N(C)CC1CCOC1. The van der Waals surface area contributed by atoms with Crippen LogP contribution >= 0.6 is 0 Å². The largest absolute Gasteiger partial charge is 0.381 e. The summed E-state index contributed by atoms with van der Waals surface area (Å²) in [5.74, 6) is 2.61. The number of rotatable bonds is 5. The number of aliphatic imine (C=N–C) groups is 1. The number of ether oxygens (including phenoxy) is 1. The minimum Gasteiger partial charge on any atom is -0.381 e. The Hall–Kier alpha value is -1.63. The monoisotopic (exact) mass is 281 g/mol. The lowest BCUT2D eigenvalue weighted by Gasteiger charge is -2.24. The number of hydrogen-bond donors (Lipinski definition) is 1. The smallest absolute Gasteiger partial charge is 0.248 e. The first-order valence-corrected chi connectivity index (χ1v) is 7.05. The highest BCUT2D eigenvalue weighted by molar-refractivity contribution is 5.79. The number of guanidine groups is 1. The first-order chi connectivity index (χ1) is 9.69. The number of nitrogens with zero attached hydrogens (tertiary/aromatic N) is 4. The van der Waals surface area contributed by atoms with Crippen molar-refractivity contribution < 1.29 is 9.26 Å². The summed E-state index contributed by atoms with van der Waals surface area (Å²) >= 11 is 0. The number of hydrogen-bond acceptors (Lipinski definition) is 5. The van der Waals surface area contributed by atoms with E-state index in [1.54, 1.807) is 6.92 Å². The lowest BCUT2D eigenvalue weighted by Crippen LogP contribution is -2.41. The standard InChI is InChI=1S/C13H23N5O2/c1-4-14-13(15-7-12-16-10(2)17-20-12)18(3)8-11-5-6-19-9-11/h11H,4-9H2,1-3H3,(H,14,15). The summed E-state index contributed by atoms with van der Waals surface area (Å²) in [6.07, 6.45) is 1.12. The third-order valence-electron chi connectivity index (χ3n) is 3.19. The average molecular weight is 281 g/mol. The van der Waals surface area contributed by atoms with Crippen molar-refractivity contribution in [2.45, 2.75) is 26.8 Å². The van der Waals surface area contributed by atoms with Crippen molar-refractivity contribution in [3.05, 3.63) is 11.7 Å². The van der Waals surface area contributed by atoms with E-state index in [2.05, 4.69) is 32.3 Å². The Balaban J connectivity index is 1.93. The molecular weight excluding hydrogens is 258 g/mol. The summed E-state index contributed by atoms with van der Waals surface area (Å²) in [7, 11) is 2.04. The summed E-state index contributed by atoms with van der Waals surface area (Å²) in [6.45, 7) is 7.73. The van der Waals surface area contributed by atoms with Gasteiger partial charge in [0.25, 0.3) is 0 Å². The highest BCUT2D eigenvalue weighted by Crippen LogP contribution is 2.13. The Bertz CT molecular complexity index is 440. The maximum absolute atomic E-state index is 5.41. The van der Waals surface area contributed by atoms with Gasteiger partial charge in [0.05, 0.1) is 6.61 Å². The molecule has 0 bridgehead atoms. The third-order valence-corrected chi connectivity index (χ3v) is 3.19. The topological polar surface area (TPSA) is 75.8 Å². The predicted octanol–water partition coefficient (Wildman–Crippen LogP) is 0.812. The van der Waals surface area contributed by atoms with Crippen molar-refractivity contribution in [3.8, 4) is 0 Å². The molecule has 0 saturated carbocycles. The van der Waals surface area contributed by atoms with Gasteiger partial charge in [-0.2, -0.15) is 4.98 Å². The quantitative estimate of drug-likeness (QED) is 0.636. The molecule has 2 heterocycles. The van der Waals surface area contributed by atoms with E-state index in [0.29, 0.717) is 24.2 Å². The van der Waals surface area contributed by atoms with Gasteiger partial charge in [0.2, 0.25) is 5.89 Å². The second-order valence-corrected chi connectivity index (χ2v) is 5.02. The van der Waals surface area contributed by atoms with Gasteiger partial charge in [0.1, 0.15) is 6.54 Å². The molecule has 1 aliphatic heterocycles. The molecule has 1 fully saturated rings.